The van der Waals surface area contributed by atoms with Crippen molar-refractivity contribution in [3.63, 3.8) is 0 Å². The molecule has 0 aliphatic rings. The molecule has 0 atom stereocenters. The van der Waals surface area contributed by atoms with E-state index in [9.17, 15) is 26.7 Å². The molecule has 1 rings (SSSR count). The van der Waals surface area contributed by atoms with Crippen LogP contribution < -0.4 is 4.74 Å². The van der Waals surface area contributed by atoms with Crippen molar-refractivity contribution in [1.82, 2.24) is 0 Å². The standard InChI is InChI=1S/C11H6F5NO3S/c1-19-9(18)5-2-3-7(20-10(12)13)8(6(5)4-17)21-11(14,15)16/h2-3,10H,1H3. The lowest BCUT2D eigenvalue weighted by molar-refractivity contribution is -0.0528. The van der Waals surface area contributed by atoms with Crippen LogP contribution in [-0.4, -0.2) is 25.2 Å². The summed E-state index contributed by atoms with van der Waals surface area (Å²) in [5, 5.41) is 8.92. The Hall–Kier alpha value is -2.02. The van der Waals surface area contributed by atoms with Gasteiger partial charge < -0.3 is 9.47 Å². The van der Waals surface area contributed by atoms with Gasteiger partial charge >= 0.3 is 18.1 Å². The topological polar surface area (TPSA) is 59.3 Å². The number of hydrogen-bond donors (Lipinski definition) is 0. The number of hydrogen-bond acceptors (Lipinski definition) is 5. The van der Waals surface area contributed by atoms with E-state index < -0.39 is 51.6 Å². The number of benzene rings is 1. The van der Waals surface area contributed by atoms with E-state index in [0.717, 1.165) is 19.2 Å². The average Bonchev–Trinajstić information content (AvgIpc) is 2.37. The predicted molar refractivity (Wildman–Crippen MR) is 61.0 cm³/mol. The van der Waals surface area contributed by atoms with Crippen molar-refractivity contribution in [2.75, 3.05) is 7.11 Å². The molecule has 21 heavy (non-hydrogen) atoms. The number of carbonyl (C=O) groups excluding carboxylic acids is 1. The first kappa shape index (κ1) is 17.0. The first-order valence-electron chi connectivity index (χ1n) is 5.05. The first-order chi connectivity index (χ1) is 9.69. The molecule has 114 valence electrons. The zero-order valence-electron chi connectivity index (χ0n) is 10.2. The largest absolute Gasteiger partial charge is 0.465 e. The smallest absolute Gasteiger partial charge is 0.446 e. The lowest BCUT2D eigenvalue weighted by Gasteiger charge is -2.15. The van der Waals surface area contributed by atoms with E-state index in [1.54, 1.807) is 0 Å². The van der Waals surface area contributed by atoms with E-state index in [4.69, 9.17) is 5.26 Å². The Morgan fingerprint density at radius 3 is 2.43 bits per heavy atom. The summed E-state index contributed by atoms with van der Waals surface area (Å²) in [6.07, 6.45) is 0. The van der Waals surface area contributed by atoms with Gasteiger partial charge in [0, 0.05) is 0 Å². The number of methoxy groups -OCH3 is 1. The van der Waals surface area contributed by atoms with E-state index in [1.807, 2.05) is 0 Å². The van der Waals surface area contributed by atoms with Crippen LogP contribution in [0.25, 0.3) is 0 Å². The van der Waals surface area contributed by atoms with E-state index in [-0.39, 0.29) is 0 Å². The third-order valence-corrected chi connectivity index (χ3v) is 2.91. The predicted octanol–water partition coefficient (Wildman–Crippen LogP) is 3.56. The zero-order valence-corrected chi connectivity index (χ0v) is 11.0. The molecule has 0 aliphatic carbocycles. The number of rotatable bonds is 4. The second-order valence-electron chi connectivity index (χ2n) is 3.35. The summed E-state index contributed by atoms with van der Waals surface area (Å²) < 4.78 is 70.1. The van der Waals surface area contributed by atoms with E-state index >= 15 is 0 Å². The summed E-state index contributed by atoms with van der Waals surface area (Å²) in [4.78, 5) is 10.5. The lowest BCUT2D eigenvalue weighted by Crippen LogP contribution is -2.10. The Bertz CT molecular complexity index is 582. The van der Waals surface area contributed by atoms with Gasteiger partial charge in [-0.3, -0.25) is 0 Å². The van der Waals surface area contributed by atoms with Gasteiger partial charge in [0.05, 0.1) is 23.1 Å². The molecule has 0 bridgehead atoms. The van der Waals surface area contributed by atoms with Crippen LogP contribution in [0.15, 0.2) is 17.0 Å². The number of carbonyl (C=O) groups is 1. The maximum absolute atomic E-state index is 12.5. The van der Waals surface area contributed by atoms with Crippen molar-refractivity contribution in [3.8, 4) is 11.8 Å². The van der Waals surface area contributed by atoms with Gasteiger partial charge in [-0.1, -0.05) is 0 Å². The van der Waals surface area contributed by atoms with Crippen LogP contribution in [0.2, 0.25) is 0 Å². The number of thioether (sulfide) groups is 1. The Morgan fingerprint density at radius 1 is 1.38 bits per heavy atom. The monoisotopic (exact) mass is 327 g/mol. The Kier molecular flexibility index (Phi) is 5.37. The Labute approximate surface area is 119 Å². The van der Waals surface area contributed by atoms with Crippen LogP contribution in [-0.2, 0) is 4.74 Å². The summed E-state index contributed by atoms with van der Waals surface area (Å²) in [7, 11) is 0.962. The highest BCUT2D eigenvalue weighted by molar-refractivity contribution is 8.00. The minimum absolute atomic E-state index is 0.478. The maximum atomic E-state index is 12.5. The molecule has 0 amide bonds. The highest BCUT2D eigenvalue weighted by atomic mass is 32.2. The molecule has 10 heteroatoms. The minimum atomic E-state index is -4.86. The number of ether oxygens (including phenoxy) is 2. The molecular formula is C11H6F5NO3S. The summed E-state index contributed by atoms with van der Waals surface area (Å²) in [6.45, 7) is -3.38. The molecule has 0 N–H and O–H groups in total. The van der Waals surface area contributed by atoms with Crippen molar-refractivity contribution in [2.24, 2.45) is 0 Å². The number of halogens is 5. The molecule has 0 unspecified atom stereocenters. The van der Waals surface area contributed by atoms with Crippen molar-refractivity contribution in [3.05, 3.63) is 23.3 Å². The lowest BCUT2D eigenvalue weighted by atomic mass is 10.1. The second-order valence-corrected chi connectivity index (χ2v) is 4.42. The summed E-state index contributed by atoms with van der Waals surface area (Å²) in [6, 6.07) is 2.99. The molecular weight excluding hydrogens is 321 g/mol. The van der Waals surface area contributed by atoms with Crippen molar-refractivity contribution >= 4 is 17.7 Å². The number of alkyl halides is 5. The van der Waals surface area contributed by atoms with Crippen LogP contribution in [0.5, 0.6) is 5.75 Å². The molecule has 1 aromatic carbocycles. The van der Waals surface area contributed by atoms with Crippen LogP contribution in [0.4, 0.5) is 22.0 Å². The third kappa shape index (κ3) is 4.49. The van der Waals surface area contributed by atoms with Gasteiger partial charge in [0.15, 0.2) is 0 Å². The summed E-state index contributed by atoms with van der Waals surface area (Å²) >= 11 is -0.826. The molecule has 0 saturated carbocycles. The normalized spacial score (nSPS) is 11.1. The van der Waals surface area contributed by atoms with Crippen molar-refractivity contribution in [2.45, 2.75) is 17.0 Å². The highest BCUT2D eigenvalue weighted by Gasteiger charge is 2.34. The third-order valence-electron chi connectivity index (χ3n) is 2.07. The van der Waals surface area contributed by atoms with Gasteiger partial charge in [0.2, 0.25) is 0 Å². The maximum Gasteiger partial charge on any atom is 0.446 e. The summed E-state index contributed by atoms with van der Waals surface area (Å²) in [5.74, 6) is -1.92. The second kappa shape index (κ2) is 6.62. The quantitative estimate of drug-likeness (QED) is 0.481. The zero-order chi connectivity index (χ0) is 16.2. The number of nitriles is 1. The van der Waals surface area contributed by atoms with Gasteiger partial charge in [-0.05, 0) is 23.9 Å². The van der Waals surface area contributed by atoms with Gasteiger partial charge in [-0.2, -0.15) is 27.2 Å². The Balaban J connectivity index is 3.49. The van der Waals surface area contributed by atoms with E-state index in [1.165, 1.54) is 6.07 Å². The minimum Gasteiger partial charge on any atom is -0.465 e. The first-order valence-corrected chi connectivity index (χ1v) is 5.87. The van der Waals surface area contributed by atoms with Crippen LogP contribution in [0.1, 0.15) is 15.9 Å². The molecule has 0 radical (unpaired) electrons. The van der Waals surface area contributed by atoms with E-state index in [0.29, 0.717) is 0 Å². The fourth-order valence-corrected chi connectivity index (χ4v) is 2.07. The van der Waals surface area contributed by atoms with Crippen molar-refractivity contribution < 1.29 is 36.2 Å². The van der Waals surface area contributed by atoms with Crippen molar-refractivity contribution in [1.29, 1.82) is 5.26 Å². The molecule has 1 aromatic rings. The fourth-order valence-electron chi connectivity index (χ4n) is 1.36. The van der Waals surface area contributed by atoms with Crippen LogP contribution in [0, 0.1) is 11.3 Å². The Morgan fingerprint density at radius 2 is 2.00 bits per heavy atom. The highest BCUT2D eigenvalue weighted by Crippen LogP contribution is 2.44. The summed E-state index contributed by atoms with van der Waals surface area (Å²) in [5.41, 5.74) is -6.09. The molecule has 0 fully saturated rings. The van der Waals surface area contributed by atoms with Crippen LogP contribution in [0.3, 0.4) is 0 Å². The molecule has 0 aliphatic heterocycles. The van der Waals surface area contributed by atoms with Gasteiger partial charge in [0.25, 0.3) is 0 Å². The number of nitrogens with zero attached hydrogens (tertiary/aromatic N) is 1. The molecule has 0 heterocycles. The average molecular weight is 327 g/mol. The van der Waals surface area contributed by atoms with Crippen LogP contribution >= 0.6 is 11.8 Å². The van der Waals surface area contributed by atoms with Gasteiger partial charge in [-0.15, -0.1) is 0 Å². The molecule has 4 nitrogen and oxygen atoms in total. The van der Waals surface area contributed by atoms with Gasteiger partial charge in [-0.25, -0.2) is 4.79 Å². The fraction of sp³-hybridized carbons (Fsp3) is 0.273. The van der Waals surface area contributed by atoms with Gasteiger partial charge in [0.1, 0.15) is 11.8 Å². The number of esters is 1. The molecule has 0 saturated heterocycles. The van der Waals surface area contributed by atoms with E-state index in [2.05, 4.69) is 9.47 Å². The molecule has 0 spiro atoms. The SMILES string of the molecule is COC(=O)c1ccc(OC(F)F)c(SC(F)(F)F)c1C#N. The molecule has 0 aromatic heterocycles.